The summed E-state index contributed by atoms with van der Waals surface area (Å²) in [4.78, 5) is 20.5. The van der Waals surface area contributed by atoms with Gasteiger partial charge in [0.25, 0.3) is 0 Å². The lowest BCUT2D eigenvalue weighted by molar-refractivity contribution is -0.152. The summed E-state index contributed by atoms with van der Waals surface area (Å²) in [5.41, 5.74) is 10.1. The van der Waals surface area contributed by atoms with E-state index in [1.165, 1.54) is 25.3 Å². The fourth-order valence-corrected chi connectivity index (χ4v) is 11.4. The fraction of sp³-hybridized carbons (Fsp3) is 0.529. The van der Waals surface area contributed by atoms with Crippen molar-refractivity contribution >= 4 is 11.8 Å². The Morgan fingerprint density at radius 3 is 2.39 bits per heavy atom. The third kappa shape index (κ3) is 10.7. The summed E-state index contributed by atoms with van der Waals surface area (Å²) in [5, 5.41) is 67.0. The largest absolute Gasteiger partial charge is 0.508 e. The molecule has 4 aromatic rings. The molecule has 10 heteroatoms. The van der Waals surface area contributed by atoms with Crippen LogP contribution < -0.4 is 5.73 Å². The number of phenols is 2. The normalized spacial score (nSPS) is 27.1. The van der Waals surface area contributed by atoms with Crippen molar-refractivity contribution < 1.29 is 35.4 Å². The van der Waals surface area contributed by atoms with E-state index in [0.717, 1.165) is 73.0 Å². The van der Waals surface area contributed by atoms with E-state index in [2.05, 4.69) is 35.1 Å². The van der Waals surface area contributed by atoms with Gasteiger partial charge < -0.3 is 41.4 Å². The van der Waals surface area contributed by atoms with E-state index in [4.69, 9.17) is 5.73 Å². The van der Waals surface area contributed by atoms with Gasteiger partial charge in [-0.2, -0.15) is 0 Å². The number of pyridine rings is 1. The van der Waals surface area contributed by atoms with Crippen LogP contribution in [0.1, 0.15) is 108 Å². The van der Waals surface area contributed by atoms with E-state index in [-0.39, 0.29) is 47.2 Å². The smallest absolute Gasteiger partial charge is 0.309 e. The van der Waals surface area contributed by atoms with Gasteiger partial charge in [0.2, 0.25) is 0 Å². The molecule has 3 aliphatic rings. The third-order valence-electron chi connectivity index (χ3n) is 14.5. The number of anilines is 1. The Bertz CT molecular complexity index is 2060. The Labute approximate surface area is 361 Å². The summed E-state index contributed by atoms with van der Waals surface area (Å²) in [6.45, 7) is 2.21. The number of carboxylic acid groups (broad SMARTS) is 1. The highest BCUT2D eigenvalue weighted by Gasteiger charge is 2.57. The van der Waals surface area contributed by atoms with Crippen molar-refractivity contribution in [2.24, 2.45) is 41.4 Å². The second kappa shape index (κ2) is 20.0. The first-order valence-electron chi connectivity index (χ1n) is 22.9. The number of allylic oxidation sites excluding steroid dienone is 1. The van der Waals surface area contributed by atoms with Crippen molar-refractivity contribution in [3.05, 3.63) is 96.3 Å². The molecule has 7 rings (SSSR count). The van der Waals surface area contributed by atoms with Crippen LogP contribution in [0.2, 0.25) is 0 Å². The highest BCUT2D eigenvalue weighted by molar-refractivity contribution is 5.83. The predicted molar refractivity (Wildman–Crippen MR) is 240 cm³/mol. The highest BCUT2D eigenvalue weighted by atomic mass is 16.4. The number of aromatic amines is 1. The monoisotopic (exact) mass is 833 g/mol. The Morgan fingerprint density at radius 1 is 0.902 bits per heavy atom. The molecule has 0 bridgehead atoms. The summed E-state index contributed by atoms with van der Waals surface area (Å²) in [7, 11) is 0. The van der Waals surface area contributed by atoms with Crippen LogP contribution in [0, 0.1) is 41.4 Å². The number of nitrogens with two attached hydrogens (primary N) is 1. The number of aliphatic hydroxyl groups excluding tert-OH is 2. The zero-order valence-electron chi connectivity index (χ0n) is 35.7. The van der Waals surface area contributed by atoms with Crippen LogP contribution in [0.3, 0.4) is 0 Å². The number of hydrogen-bond acceptors (Lipinski definition) is 8. The summed E-state index contributed by atoms with van der Waals surface area (Å²) in [6, 6.07) is 20.4. The summed E-state index contributed by atoms with van der Waals surface area (Å²) in [5.74, 6) is -1.46. The van der Waals surface area contributed by atoms with E-state index in [1.807, 2.05) is 42.5 Å². The number of nitrogens with zero attached hydrogens (tertiary/aromatic N) is 1. The molecule has 2 aromatic carbocycles. The second-order valence-electron chi connectivity index (χ2n) is 18.7. The van der Waals surface area contributed by atoms with Gasteiger partial charge in [-0.3, -0.25) is 4.79 Å². The highest BCUT2D eigenvalue weighted by Crippen LogP contribution is 2.56. The number of unbranched alkanes of at least 4 members (excludes halogenated alkanes) is 4. The number of carbonyl (C=O) groups is 1. The Balaban J connectivity index is 1.06. The predicted octanol–water partition coefficient (Wildman–Crippen LogP) is 9.45. The molecular formula is C51H67N3O7. The Hall–Kier alpha value is -4.64. The molecule has 2 saturated carbocycles. The van der Waals surface area contributed by atoms with Gasteiger partial charge in [-0.1, -0.05) is 87.9 Å². The number of fused-ring (bicyclic) bond motifs is 1. The Kier molecular flexibility index (Phi) is 14.6. The minimum absolute atomic E-state index is 0.0491. The average molecular weight is 834 g/mol. The minimum Gasteiger partial charge on any atom is -0.508 e. The molecule has 10 nitrogen and oxygen atoms in total. The van der Waals surface area contributed by atoms with Crippen molar-refractivity contribution in [1.29, 1.82) is 0 Å². The Morgan fingerprint density at radius 2 is 1.67 bits per heavy atom. The van der Waals surface area contributed by atoms with Crippen LogP contribution in [-0.2, 0) is 17.6 Å². The standard InChI is InChI=1S/C51H67N3O7/c1-2-3-6-11-32-16-17-35(46(57)23-32)14-9-5-10-15-43(50(59)60)49(58)36-18-19-45-37(22-33-20-21-53-47(52)24-33)25-39(51(45,61)31-36)28-40-29-44(34-12-7-4-8-13-34)48(54-40)38-26-41(55)30-42(56)27-38/h4,7-8,12-13,16-17,20-21,24,26-27,29-30,32,35-37,39,43,45-46,49,54-58,61H,2-3,5-6,9-11,14-15,18-19,22-23,25,28,31H2,1H3,(H2,52,53)(H,59,60). The molecule has 0 radical (unpaired) electrons. The number of benzene rings is 2. The van der Waals surface area contributed by atoms with Gasteiger partial charge in [0.05, 0.1) is 29.4 Å². The summed E-state index contributed by atoms with van der Waals surface area (Å²) < 4.78 is 0. The lowest BCUT2D eigenvalue weighted by atomic mass is 9.64. The van der Waals surface area contributed by atoms with Crippen LogP contribution in [-0.4, -0.2) is 64.4 Å². The van der Waals surface area contributed by atoms with Gasteiger partial charge in [-0.05, 0) is 135 Å². The molecule has 2 aromatic heterocycles. The number of phenolic OH excluding ortho intramolecular Hbond substituents is 2. The number of aromatic nitrogens is 2. The number of carboxylic acids is 1. The maximum Gasteiger partial charge on any atom is 0.309 e. The lowest BCUT2D eigenvalue weighted by Gasteiger charge is -2.45. The van der Waals surface area contributed by atoms with Crippen molar-refractivity contribution in [1.82, 2.24) is 9.97 Å². The molecule has 61 heavy (non-hydrogen) atoms. The maximum absolute atomic E-state index is 13.0. The average Bonchev–Trinajstić information content (AvgIpc) is 3.77. The number of nitrogens with one attached hydrogen (secondary N) is 1. The van der Waals surface area contributed by atoms with Crippen LogP contribution in [0.15, 0.2) is 85.1 Å². The van der Waals surface area contributed by atoms with Gasteiger partial charge in [-0.15, -0.1) is 0 Å². The molecule has 0 spiro atoms. The second-order valence-corrected chi connectivity index (χ2v) is 18.7. The number of aliphatic carboxylic acids is 1. The molecular weight excluding hydrogens is 767 g/mol. The molecule has 9 N–H and O–H groups in total. The molecule has 2 heterocycles. The van der Waals surface area contributed by atoms with Gasteiger partial charge in [-0.25, -0.2) is 4.98 Å². The topological polar surface area (TPSA) is 193 Å². The number of hydrogen-bond donors (Lipinski definition) is 8. The van der Waals surface area contributed by atoms with Gasteiger partial charge in [0.1, 0.15) is 17.3 Å². The number of aliphatic hydroxyl groups is 3. The quantitative estimate of drug-likeness (QED) is 0.0336. The zero-order chi connectivity index (χ0) is 43.1. The first-order chi connectivity index (χ1) is 29.4. The van der Waals surface area contributed by atoms with E-state index in [1.54, 1.807) is 18.3 Å². The SMILES string of the molecule is CCCCCC1C=CC(CCCCCC(C(=O)O)C(O)C2CCC3C(Cc4ccnc(N)c4)CC(Cc4cc(-c5ccccc5)c(-c5cc(O)cc(O)c5)[nH]4)C3(O)C2)C(O)C1. The van der Waals surface area contributed by atoms with Crippen LogP contribution in [0.4, 0.5) is 5.82 Å². The van der Waals surface area contributed by atoms with Crippen LogP contribution in [0.25, 0.3) is 22.4 Å². The van der Waals surface area contributed by atoms with E-state index in [0.29, 0.717) is 55.8 Å². The van der Waals surface area contributed by atoms with Crippen molar-refractivity contribution in [3.63, 3.8) is 0 Å². The zero-order valence-corrected chi connectivity index (χ0v) is 35.7. The lowest BCUT2D eigenvalue weighted by Crippen LogP contribution is -2.50. The molecule has 0 saturated heterocycles. The number of aromatic hydroxyl groups is 2. The fourth-order valence-electron chi connectivity index (χ4n) is 11.4. The molecule has 10 atom stereocenters. The van der Waals surface area contributed by atoms with Crippen molar-refractivity contribution in [3.8, 4) is 33.9 Å². The molecule has 3 aliphatic carbocycles. The van der Waals surface area contributed by atoms with Gasteiger partial charge >= 0.3 is 5.97 Å². The first-order valence-corrected chi connectivity index (χ1v) is 22.9. The number of H-pyrrole nitrogens is 1. The van der Waals surface area contributed by atoms with Gasteiger partial charge in [0, 0.05) is 35.0 Å². The first kappa shape index (κ1) is 44.4. The van der Waals surface area contributed by atoms with Crippen LogP contribution in [0.5, 0.6) is 11.5 Å². The third-order valence-corrected chi connectivity index (χ3v) is 14.5. The van der Waals surface area contributed by atoms with Crippen molar-refractivity contribution in [2.45, 2.75) is 127 Å². The molecule has 0 amide bonds. The number of rotatable bonds is 19. The molecule has 10 unspecified atom stereocenters. The van der Waals surface area contributed by atoms with E-state index >= 15 is 0 Å². The molecule has 328 valence electrons. The van der Waals surface area contributed by atoms with Crippen LogP contribution >= 0.6 is 0 Å². The van der Waals surface area contributed by atoms with Gasteiger partial charge in [0.15, 0.2) is 0 Å². The number of nitrogen functional groups attached to an aromatic ring is 1. The van der Waals surface area contributed by atoms with E-state index < -0.39 is 23.6 Å². The van der Waals surface area contributed by atoms with E-state index in [9.17, 15) is 35.4 Å². The molecule has 0 aliphatic heterocycles. The molecule has 2 fully saturated rings. The summed E-state index contributed by atoms with van der Waals surface area (Å²) >= 11 is 0. The summed E-state index contributed by atoms with van der Waals surface area (Å²) in [6.07, 6.45) is 17.6. The minimum atomic E-state index is -1.15. The maximum atomic E-state index is 13.0. The van der Waals surface area contributed by atoms with Crippen molar-refractivity contribution in [2.75, 3.05) is 5.73 Å².